The number of alkyl halides is 3. The zero-order valence-electron chi connectivity index (χ0n) is 16.7. The number of amides is 1. The molecule has 1 saturated carbocycles. The maximum absolute atomic E-state index is 12.4. The second-order valence-corrected chi connectivity index (χ2v) is 7.52. The van der Waals surface area contributed by atoms with Crippen molar-refractivity contribution < 1.29 is 27.8 Å². The van der Waals surface area contributed by atoms with Gasteiger partial charge in [0.2, 0.25) is 11.9 Å². The number of primary amides is 1. The molecule has 3 atom stereocenters. The van der Waals surface area contributed by atoms with Crippen molar-refractivity contribution >= 4 is 23.0 Å². The van der Waals surface area contributed by atoms with Gasteiger partial charge < -0.3 is 20.9 Å². The van der Waals surface area contributed by atoms with Crippen LogP contribution in [0.2, 0.25) is 0 Å². The number of aliphatic hydroxyl groups is 1. The molecule has 170 valence electrons. The molecule has 0 spiro atoms. The average Bonchev–Trinajstić information content (AvgIpc) is 3.39. The highest BCUT2D eigenvalue weighted by Crippen LogP contribution is 2.27. The van der Waals surface area contributed by atoms with Gasteiger partial charge in [0, 0.05) is 12.0 Å². The van der Waals surface area contributed by atoms with Crippen molar-refractivity contribution in [3.63, 3.8) is 0 Å². The molecule has 1 aliphatic carbocycles. The lowest BCUT2D eigenvalue weighted by molar-refractivity contribution is -0.210. The van der Waals surface area contributed by atoms with Gasteiger partial charge in [-0.25, -0.2) is 4.98 Å². The van der Waals surface area contributed by atoms with Crippen molar-refractivity contribution in [2.45, 2.75) is 37.6 Å². The molecule has 0 radical (unpaired) electrons. The third kappa shape index (κ3) is 4.72. The van der Waals surface area contributed by atoms with Crippen LogP contribution in [-0.2, 0) is 4.79 Å². The van der Waals surface area contributed by atoms with E-state index in [2.05, 4.69) is 25.6 Å². The normalized spacial score (nSPS) is 19.8. The van der Waals surface area contributed by atoms with Crippen molar-refractivity contribution in [1.82, 2.24) is 25.0 Å². The lowest BCUT2D eigenvalue weighted by atomic mass is 10.1. The number of aromatic nitrogens is 5. The monoisotopic (exact) mass is 451 g/mol. The van der Waals surface area contributed by atoms with Crippen LogP contribution < -0.4 is 15.8 Å². The number of aliphatic hydroxyl groups excluding tert-OH is 1. The first-order valence-corrected chi connectivity index (χ1v) is 9.83. The molecule has 13 heteroatoms. The lowest BCUT2D eigenvalue weighted by Gasteiger charge is -2.15. The number of anilines is 1. The number of rotatable bonds is 7. The molecular weight excluding hydrogens is 431 g/mol. The van der Waals surface area contributed by atoms with E-state index in [9.17, 15) is 18.0 Å². The van der Waals surface area contributed by atoms with Crippen LogP contribution in [0.5, 0.6) is 5.75 Å². The summed E-state index contributed by atoms with van der Waals surface area (Å²) in [6.45, 7) is -0.908. The van der Waals surface area contributed by atoms with Crippen LogP contribution in [0.1, 0.15) is 19.3 Å². The molecule has 32 heavy (non-hydrogen) atoms. The summed E-state index contributed by atoms with van der Waals surface area (Å²) in [5, 5.41) is 20.3. The smallest absolute Gasteiger partial charge is 0.417 e. The van der Waals surface area contributed by atoms with Gasteiger partial charge >= 0.3 is 6.18 Å². The first-order valence-electron chi connectivity index (χ1n) is 9.83. The number of carbonyl (C=O) groups excluding carboxylic acids is 1. The number of halogens is 3. The SMILES string of the molecule is NC(=O)[C@@H]1CC[C@@H](Nc2ncc3nnn(-c4ccc(OC[C@@H](O)C(F)(F)F)cc4)c3n2)C1. The van der Waals surface area contributed by atoms with Crippen LogP contribution in [-0.4, -0.2) is 60.9 Å². The van der Waals surface area contributed by atoms with Crippen molar-refractivity contribution in [1.29, 1.82) is 0 Å². The largest absolute Gasteiger partial charge is 0.491 e. The summed E-state index contributed by atoms with van der Waals surface area (Å²) in [6.07, 6.45) is -3.70. The van der Waals surface area contributed by atoms with Gasteiger partial charge in [0.25, 0.3) is 0 Å². The third-order valence-electron chi connectivity index (χ3n) is 5.23. The highest BCUT2D eigenvalue weighted by molar-refractivity contribution is 5.77. The summed E-state index contributed by atoms with van der Waals surface area (Å²) in [5.41, 5.74) is 6.80. The van der Waals surface area contributed by atoms with Gasteiger partial charge in [-0.05, 0) is 43.5 Å². The van der Waals surface area contributed by atoms with Crippen LogP contribution in [0.3, 0.4) is 0 Å². The minimum atomic E-state index is -4.75. The van der Waals surface area contributed by atoms with E-state index >= 15 is 0 Å². The Morgan fingerprint density at radius 3 is 2.72 bits per heavy atom. The second kappa shape index (κ2) is 8.57. The Morgan fingerprint density at radius 1 is 1.31 bits per heavy atom. The maximum atomic E-state index is 12.4. The third-order valence-corrected chi connectivity index (χ3v) is 5.23. The van der Waals surface area contributed by atoms with Crippen molar-refractivity contribution in [3.8, 4) is 11.4 Å². The molecular formula is C19H20F3N7O3. The first kappa shape index (κ1) is 21.7. The highest BCUT2D eigenvalue weighted by atomic mass is 19.4. The van der Waals surface area contributed by atoms with Gasteiger partial charge in [-0.3, -0.25) is 4.79 Å². The van der Waals surface area contributed by atoms with E-state index in [4.69, 9.17) is 15.6 Å². The zero-order chi connectivity index (χ0) is 22.9. The molecule has 10 nitrogen and oxygen atoms in total. The molecule has 0 aliphatic heterocycles. The van der Waals surface area contributed by atoms with Gasteiger partial charge in [-0.1, -0.05) is 5.21 Å². The number of benzene rings is 1. The fourth-order valence-electron chi connectivity index (χ4n) is 3.48. The molecule has 1 fully saturated rings. The number of carbonyl (C=O) groups is 1. The van der Waals surface area contributed by atoms with Gasteiger partial charge in [0.15, 0.2) is 17.3 Å². The number of ether oxygens (including phenoxy) is 1. The maximum Gasteiger partial charge on any atom is 0.417 e. The number of hydrogen-bond donors (Lipinski definition) is 3. The number of nitrogens with one attached hydrogen (secondary N) is 1. The Morgan fingerprint density at radius 2 is 2.06 bits per heavy atom. The Bertz CT molecular complexity index is 1100. The number of hydrogen-bond acceptors (Lipinski definition) is 8. The summed E-state index contributed by atoms with van der Waals surface area (Å²) in [6, 6.07) is 6.08. The zero-order valence-corrected chi connectivity index (χ0v) is 16.7. The summed E-state index contributed by atoms with van der Waals surface area (Å²) in [7, 11) is 0. The summed E-state index contributed by atoms with van der Waals surface area (Å²) >= 11 is 0. The van der Waals surface area contributed by atoms with Crippen molar-refractivity contribution in [3.05, 3.63) is 30.5 Å². The van der Waals surface area contributed by atoms with Crippen LogP contribution in [0, 0.1) is 5.92 Å². The lowest BCUT2D eigenvalue weighted by Crippen LogP contribution is -2.34. The van der Waals surface area contributed by atoms with Crippen LogP contribution >= 0.6 is 0 Å². The minimum Gasteiger partial charge on any atom is -0.491 e. The fourth-order valence-corrected chi connectivity index (χ4v) is 3.48. The van der Waals surface area contributed by atoms with Gasteiger partial charge in [0.05, 0.1) is 11.9 Å². The molecule has 2 aromatic heterocycles. The summed E-state index contributed by atoms with van der Waals surface area (Å²) < 4.78 is 43.6. The molecule has 0 unspecified atom stereocenters. The van der Waals surface area contributed by atoms with E-state index in [1.807, 2.05) is 0 Å². The topological polar surface area (TPSA) is 141 Å². The second-order valence-electron chi connectivity index (χ2n) is 7.52. The molecule has 4 rings (SSSR count). The molecule has 0 bridgehead atoms. The van der Waals surface area contributed by atoms with E-state index in [-0.39, 0.29) is 23.6 Å². The van der Waals surface area contributed by atoms with E-state index in [1.54, 1.807) is 12.1 Å². The Balaban J connectivity index is 1.47. The average molecular weight is 451 g/mol. The Hall–Kier alpha value is -3.48. The standard InChI is InChI=1S/C19H20F3N7O3/c20-19(21,22)15(30)9-32-13-5-3-12(4-6-13)29-17-14(27-28-29)8-24-18(26-17)25-11-2-1-10(7-11)16(23)31/h3-6,8,10-11,15,30H,1-2,7,9H2,(H2,23,31)(H,24,25,26)/t10-,11-,15-/m1/s1. The summed E-state index contributed by atoms with van der Waals surface area (Å²) in [4.78, 5) is 20.1. The number of nitrogens with zero attached hydrogens (tertiary/aromatic N) is 5. The first-order chi connectivity index (χ1) is 15.2. The van der Waals surface area contributed by atoms with E-state index in [0.717, 1.165) is 6.42 Å². The van der Waals surface area contributed by atoms with Gasteiger partial charge in [0.1, 0.15) is 12.4 Å². The van der Waals surface area contributed by atoms with Crippen LogP contribution in [0.4, 0.5) is 19.1 Å². The minimum absolute atomic E-state index is 0.0257. The number of nitrogens with two attached hydrogens (primary N) is 1. The van der Waals surface area contributed by atoms with Crippen LogP contribution in [0.25, 0.3) is 16.9 Å². The highest BCUT2D eigenvalue weighted by Gasteiger charge is 2.38. The van der Waals surface area contributed by atoms with E-state index < -0.39 is 18.9 Å². The quantitative estimate of drug-likeness (QED) is 0.492. The fraction of sp³-hybridized carbons (Fsp3) is 0.421. The van der Waals surface area contributed by atoms with Crippen molar-refractivity contribution in [2.75, 3.05) is 11.9 Å². The molecule has 2 heterocycles. The summed E-state index contributed by atoms with van der Waals surface area (Å²) in [5.74, 6) is 0.0376. The molecule has 0 saturated heterocycles. The predicted octanol–water partition coefficient (Wildman–Crippen LogP) is 1.58. The van der Waals surface area contributed by atoms with E-state index in [1.165, 1.54) is 23.0 Å². The predicted molar refractivity (Wildman–Crippen MR) is 106 cm³/mol. The molecule has 1 aromatic carbocycles. The van der Waals surface area contributed by atoms with Crippen LogP contribution in [0.15, 0.2) is 30.5 Å². The van der Waals surface area contributed by atoms with Gasteiger partial charge in [-0.2, -0.15) is 22.8 Å². The Kier molecular flexibility index (Phi) is 5.82. The Labute approximate surface area is 179 Å². The van der Waals surface area contributed by atoms with Gasteiger partial charge in [-0.15, -0.1) is 5.10 Å². The molecule has 1 amide bonds. The van der Waals surface area contributed by atoms with Crippen molar-refractivity contribution in [2.24, 2.45) is 11.7 Å². The molecule has 3 aromatic rings. The number of fused-ring (bicyclic) bond motifs is 1. The molecule has 1 aliphatic rings. The molecule has 4 N–H and O–H groups in total. The van der Waals surface area contributed by atoms with E-state index in [0.29, 0.717) is 35.6 Å².